The summed E-state index contributed by atoms with van der Waals surface area (Å²) in [5.41, 5.74) is 17.1. The van der Waals surface area contributed by atoms with E-state index in [0.717, 1.165) is 27.4 Å². The van der Waals surface area contributed by atoms with E-state index in [1.165, 1.54) is 126 Å². The summed E-state index contributed by atoms with van der Waals surface area (Å²) in [4.78, 5) is 0. The van der Waals surface area contributed by atoms with Crippen molar-refractivity contribution in [2.24, 2.45) is 0 Å². The van der Waals surface area contributed by atoms with E-state index in [-0.39, 0.29) is 11.2 Å². The molecule has 4 nitrogen and oxygen atoms in total. The molecule has 0 aliphatic carbocycles. The Morgan fingerprint density at radius 1 is 0.284 bits per heavy atom. The SMILES string of the molecule is CC1(C)OB(c2ccc(-c3c(-c4ccc(-n5c6ccccc6c6ccccc65)cc4)c4ccccc4c4ccccc34)cc2)OC1(C)C.Clc1ccc(-c2c(-c3ccc(-n4c5ccccc5c5ccccc54)cc3)c3ccccc3c3ccccc23)cc1.[2H][2H].[2H][2H]. The van der Waals surface area contributed by atoms with Gasteiger partial charge in [-0.15, -0.1) is 0 Å². The highest BCUT2D eigenvalue weighted by molar-refractivity contribution is 6.62. The molecule has 1 saturated heterocycles. The van der Waals surface area contributed by atoms with Crippen LogP contribution in [0, 0.1) is 0 Å². The molecule has 0 amide bonds. The summed E-state index contributed by atoms with van der Waals surface area (Å²) in [6.07, 6.45) is 0. The van der Waals surface area contributed by atoms with Gasteiger partial charge in [-0.3, -0.25) is 0 Å². The maximum atomic E-state index is 6.39. The van der Waals surface area contributed by atoms with Crippen LogP contribution in [0.2, 0.25) is 5.02 Å². The van der Waals surface area contributed by atoms with Crippen LogP contribution in [0.5, 0.6) is 0 Å². The van der Waals surface area contributed by atoms with Crippen LogP contribution < -0.4 is 5.46 Å². The molecule has 17 rings (SSSR count). The summed E-state index contributed by atoms with van der Waals surface area (Å²) in [5, 5.41) is 15.8. The van der Waals surface area contributed by atoms with Gasteiger partial charge >= 0.3 is 7.12 Å². The lowest BCUT2D eigenvalue weighted by molar-refractivity contribution is 0.00578. The number of para-hydroxylation sites is 4. The van der Waals surface area contributed by atoms with Crippen LogP contribution in [0.3, 0.4) is 0 Å². The molecule has 0 radical (unpaired) electrons. The Bertz CT molecular complexity index is 5290. The molecule has 0 saturated carbocycles. The predicted molar refractivity (Wildman–Crippen MR) is 378 cm³/mol. The number of benzene rings is 14. The van der Waals surface area contributed by atoms with Crippen LogP contribution in [0.4, 0.5) is 0 Å². The Labute approximate surface area is 523 Å². The van der Waals surface area contributed by atoms with Crippen LogP contribution in [-0.2, 0) is 9.31 Å². The molecule has 2 aromatic heterocycles. The Hall–Kier alpha value is -10.0. The maximum Gasteiger partial charge on any atom is 0.494 e. The van der Waals surface area contributed by atoms with Crippen LogP contribution >= 0.6 is 11.6 Å². The molecule has 14 aromatic carbocycles. The topological polar surface area (TPSA) is 28.3 Å². The average molecular weight is 1160 g/mol. The number of hydrogen-bond donors (Lipinski definition) is 0. The lowest BCUT2D eigenvalue weighted by atomic mass is 9.78. The first-order chi connectivity index (χ1) is 45.1. The van der Waals surface area contributed by atoms with Gasteiger partial charge in [0.05, 0.1) is 33.3 Å². The van der Waals surface area contributed by atoms with E-state index >= 15 is 0 Å². The minimum atomic E-state index is -0.398. The minimum Gasteiger partial charge on any atom is -0.399 e. The number of halogens is 1. The predicted octanol–water partition coefficient (Wildman–Crippen LogP) is 22.3. The van der Waals surface area contributed by atoms with E-state index < -0.39 is 7.12 Å². The number of aromatic nitrogens is 2. The molecule has 3 heterocycles. The van der Waals surface area contributed by atoms with E-state index in [1.807, 2.05) is 12.1 Å². The quantitative estimate of drug-likeness (QED) is 0.118. The Kier molecular flexibility index (Phi) is 12.3. The first-order valence-electron chi connectivity index (χ1n) is 32.4. The third-order valence-corrected chi connectivity index (χ3v) is 19.0. The lowest BCUT2D eigenvalue weighted by Gasteiger charge is -2.32. The zero-order chi connectivity index (χ0) is 63.3. The van der Waals surface area contributed by atoms with Crippen LogP contribution in [0.25, 0.3) is 143 Å². The summed E-state index contributed by atoms with van der Waals surface area (Å²) < 4.78 is 37.5. The molecule has 0 N–H and O–H groups in total. The van der Waals surface area contributed by atoms with Crippen molar-refractivity contribution < 1.29 is 15.2 Å². The van der Waals surface area contributed by atoms with Gasteiger partial charge in [-0.1, -0.05) is 242 Å². The molecule has 1 fully saturated rings. The molecule has 424 valence electrons. The zero-order valence-electron chi connectivity index (χ0n) is 53.4. The van der Waals surface area contributed by atoms with Crippen molar-refractivity contribution in [1.29, 1.82) is 0 Å². The average Bonchev–Trinajstić information content (AvgIpc) is 1.09. The fourth-order valence-electron chi connectivity index (χ4n) is 13.8. The summed E-state index contributed by atoms with van der Waals surface area (Å²) in [7, 11) is -0.398. The van der Waals surface area contributed by atoms with Crippen molar-refractivity contribution in [3.8, 4) is 55.9 Å². The van der Waals surface area contributed by atoms with Gasteiger partial charge in [-0.25, -0.2) is 0 Å². The molecule has 1 aliphatic heterocycles. The van der Waals surface area contributed by atoms with Gasteiger partial charge in [0.25, 0.3) is 0 Å². The van der Waals surface area contributed by atoms with E-state index in [0.29, 0.717) is 0 Å². The summed E-state index contributed by atoms with van der Waals surface area (Å²) in [5.74, 6) is 0. The van der Waals surface area contributed by atoms with E-state index in [9.17, 15) is 0 Å². The molecular weight excluding hydrogens is 1090 g/mol. The second kappa shape index (κ2) is 21.2. The normalized spacial score (nSPS) is 14.0. The van der Waals surface area contributed by atoms with Gasteiger partial charge in [0, 0.05) is 43.9 Å². The Morgan fingerprint density at radius 3 is 0.795 bits per heavy atom. The van der Waals surface area contributed by atoms with Crippen molar-refractivity contribution >= 4 is 111 Å². The van der Waals surface area contributed by atoms with Crippen LogP contribution in [-0.4, -0.2) is 27.5 Å². The molecule has 1 aliphatic rings. The minimum absolute atomic E-state index is 0.385. The molecule has 16 aromatic rings. The molecular formula is C82H64BClN2O2. The van der Waals surface area contributed by atoms with Crippen LogP contribution in [0.15, 0.2) is 291 Å². The van der Waals surface area contributed by atoms with Crippen molar-refractivity contribution in [2.45, 2.75) is 38.9 Å². The fourth-order valence-corrected chi connectivity index (χ4v) is 14.0. The van der Waals surface area contributed by atoms with Gasteiger partial charge in [0.1, 0.15) is 0 Å². The van der Waals surface area contributed by atoms with E-state index in [2.05, 4.69) is 316 Å². The third-order valence-electron chi connectivity index (χ3n) is 18.7. The zero-order valence-corrected chi connectivity index (χ0v) is 50.1. The third kappa shape index (κ3) is 8.75. The fraction of sp³-hybridized carbons (Fsp3) is 0.0732. The standard InChI is InChI=1S/C44H36BNO2.C38H24ClN.2H2/c1-43(2)44(3,4)48-45(47-43)31-25-21-29(22-26-31)41-37-17-7-5-13-33(37)34-14-6-8-18-38(34)42(41)30-23-27-32(28-24-30)46-39-19-11-9-15-35(39)36-16-10-12-20-40(36)46;39-27-21-17-25(18-22-27)37-33-13-3-1-9-29(33)30-10-2-4-14-34(30)38(37)26-19-23-28(24-20-26)40-35-15-7-5-11-31(35)32-12-6-8-16-36(32)40;;/h5-28H,1-4H3;1-24H;2*1H/i;;2*1+1D. The molecule has 0 atom stereocenters. The van der Waals surface area contributed by atoms with Crippen molar-refractivity contribution in [1.82, 2.24) is 9.13 Å². The van der Waals surface area contributed by atoms with Crippen LogP contribution in [0.1, 0.15) is 33.6 Å². The van der Waals surface area contributed by atoms with Gasteiger partial charge < -0.3 is 18.4 Å². The monoisotopic (exact) mass is 1160 g/mol. The molecule has 0 unspecified atom stereocenters. The van der Waals surface area contributed by atoms with Crippen molar-refractivity contribution in [3.05, 3.63) is 296 Å². The first kappa shape index (κ1) is 51.2. The second-order valence-electron chi connectivity index (χ2n) is 24.2. The molecule has 0 spiro atoms. The van der Waals surface area contributed by atoms with Gasteiger partial charge in [0.15, 0.2) is 0 Å². The summed E-state index contributed by atoms with van der Waals surface area (Å²) in [6, 6.07) is 105. The number of fused-ring (bicyclic) bond motifs is 12. The second-order valence-corrected chi connectivity index (χ2v) is 24.7. The molecule has 0 bridgehead atoms. The van der Waals surface area contributed by atoms with Crippen molar-refractivity contribution in [3.63, 3.8) is 0 Å². The van der Waals surface area contributed by atoms with Crippen molar-refractivity contribution in [2.75, 3.05) is 0 Å². The van der Waals surface area contributed by atoms with E-state index in [1.54, 1.807) is 0 Å². The highest BCUT2D eigenvalue weighted by Gasteiger charge is 2.51. The first-order valence-corrected chi connectivity index (χ1v) is 30.7. The smallest absolute Gasteiger partial charge is 0.399 e. The van der Waals surface area contributed by atoms with Gasteiger partial charge in [-0.2, -0.15) is 0 Å². The maximum absolute atomic E-state index is 6.39. The Morgan fingerprint density at radius 2 is 0.511 bits per heavy atom. The lowest BCUT2D eigenvalue weighted by Crippen LogP contribution is -2.41. The number of rotatable bonds is 7. The number of hydrogen-bond acceptors (Lipinski definition) is 2. The number of nitrogens with zero attached hydrogens (tertiary/aromatic N) is 2. The highest BCUT2D eigenvalue weighted by atomic mass is 35.5. The summed E-state index contributed by atoms with van der Waals surface area (Å²) >= 11 is 6.32. The molecule has 88 heavy (non-hydrogen) atoms. The Balaban J connectivity index is 0.000000154. The largest absolute Gasteiger partial charge is 0.494 e. The highest BCUT2D eigenvalue weighted by Crippen LogP contribution is 2.48. The molecule has 6 heteroatoms. The summed E-state index contributed by atoms with van der Waals surface area (Å²) in [6.45, 7) is 8.39. The van der Waals surface area contributed by atoms with Gasteiger partial charge in [-0.05, 0) is 181 Å². The van der Waals surface area contributed by atoms with E-state index in [4.69, 9.17) is 26.8 Å². The van der Waals surface area contributed by atoms with Gasteiger partial charge in [0.2, 0.25) is 0 Å².